The smallest absolute Gasteiger partial charge is 0.186 e. The van der Waals surface area contributed by atoms with Gasteiger partial charge in [-0.2, -0.15) is 0 Å². The highest BCUT2D eigenvalue weighted by Crippen LogP contribution is 2.41. The number of allylic oxidation sites excluding steroid dienone is 1. The Kier molecular flexibility index (Phi) is 4.73. The molecule has 116 valence electrons. The van der Waals surface area contributed by atoms with Crippen molar-refractivity contribution in [2.24, 2.45) is 0 Å². The third kappa shape index (κ3) is 3.43. The van der Waals surface area contributed by atoms with Crippen molar-refractivity contribution in [3.8, 4) is 5.75 Å². The molecule has 1 aromatic carbocycles. The van der Waals surface area contributed by atoms with E-state index in [-0.39, 0.29) is 5.78 Å². The minimum absolute atomic E-state index is 0.0538. The number of thioether (sulfide) groups is 1. The largest absolute Gasteiger partial charge is 0.490 e. The van der Waals surface area contributed by atoms with Crippen molar-refractivity contribution in [1.29, 1.82) is 5.41 Å². The van der Waals surface area contributed by atoms with Crippen molar-refractivity contribution in [3.05, 3.63) is 64.0 Å². The van der Waals surface area contributed by atoms with E-state index in [1.54, 1.807) is 12.3 Å². The number of benzene rings is 1. The zero-order valence-electron chi connectivity index (χ0n) is 12.2. The summed E-state index contributed by atoms with van der Waals surface area (Å²) in [5.41, 5.74) is 0.902. The number of nitrogens with zero attached hydrogens (tertiary/aromatic N) is 1. The summed E-state index contributed by atoms with van der Waals surface area (Å²) >= 11 is 2.62. The molecule has 2 heterocycles. The van der Waals surface area contributed by atoms with Gasteiger partial charge < -0.3 is 4.74 Å². The van der Waals surface area contributed by atoms with Crippen molar-refractivity contribution < 1.29 is 9.53 Å². The van der Waals surface area contributed by atoms with Crippen LogP contribution in [-0.2, 0) is 4.79 Å². The first-order chi connectivity index (χ1) is 11.2. The molecule has 4 nitrogen and oxygen atoms in total. The summed E-state index contributed by atoms with van der Waals surface area (Å²) in [5.74, 6) is 0.161. The number of hydrogen-bond donors (Lipinski definition) is 1. The maximum absolute atomic E-state index is 12.5. The molecular formula is C17H14N2O2S2. The average Bonchev–Trinajstić information content (AvgIpc) is 3.15. The quantitative estimate of drug-likeness (QED) is 0.655. The number of Topliss-reactive ketones (excluding diaryl/α,β-unsaturated/α-hetero) is 1. The Morgan fingerprint density at radius 3 is 2.78 bits per heavy atom. The summed E-state index contributed by atoms with van der Waals surface area (Å²) in [6.45, 7) is 4.07. The van der Waals surface area contributed by atoms with E-state index in [2.05, 4.69) is 11.6 Å². The Hall–Kier alpha value is -2.18. The molecular weight excluding hydrogens is 328 g/mol. The highest BCUT2D eigenvalue weighted by molar-refractivity contribution is 8.19. The molecule has 0 amide bonds. The van der Waals surface area contributed by atoms with E-state index in [1.165, 1.54) is 23.1 Å². The summed E-state index contributed by atoms with van der Waals surface area (Å²) in [6.07, 6.45) is 5.16. The number of ether oxygens (including phenoxy) is 1. The fourth-order valence-corrected chi connectivity index (χ4v) is 3.96. The van der Waals surface area contributed by atoms with Crippen LogP contribution in [0, 0.1) is 5.41 Å². The van der Waals surface area contributed by atoms with Crippen LogP contribution >= 0.6 is 23.1 Å². The monoisotopic (exact) mass is 342 g/mol. The van der Waals surface area contributed by atoms with Gasteiger partial charge in [0.2, 0.25) is 0 Å². The molecule has 3 rings (SSSR count). The molecule has 6 heteroatoms. The SMILES string of the molecule is C=CCOc1ccc(C=C2SC(=N)C(c3nccs3)C2=O)cc1. The van der Waals surface area contributed by atoms with Gasteiger partial charge in [0, 0.05) is 11.6 Å². The summed E-state index contributed by atoms with van der Waals surface area (Å²) in [5, 5.41) is 10.9. The summed E-state index contributed by atoms with van der Waals surface area (Å²) in [4.78, 5) is 17.3. The van der Waals surface area contributed by atoms with E-state index in [0.29, 0.717) is 21.6 Å². The fourth-order valence-electron chi connectivity index (χ4n) is 2.16. The molecule has 2 aromatic rings. The minimum Gasteiger partial charge on any atom is -0.490 e. The van der Waals surface area contributed by atoms with Gasteiger partial charge in [-0.1, -0.05) is 36.5 Å². The van der Waals surface area contributed by atoms with Crippen LogP contribution in [0.4, 0.5) is 0 Å². The van der Waals surface area contributed by atoms with Gasteiger partial charge in [0.1, 0.15) is 23.3 Å². The lowest BCUT2D eigenvalue weighted by Gasteiger charge is -2.03. The fraction of sp³-hybridized carbons (Fsp3) is 0.118. The van der Waals surface area contributed by atoms with Crippen LogP contribution in [0.2, 0.25) is 0 Å². The van der Waals surface area contributed by atoms with Crippen molar-refractivity contribution in [2.75, 3.05) is 6.61 Å². The van der Waals surface area contributed by atoms with Gasteiger partial charge >= 0.3 is 0 Å². The third-order valence-electron chi connectivity index (χ3n) is 3.23. The van der Waals surface area contributed by atoms with Gasteiger partial charge in [-0.15, -0.1) is 11.3 Å². The highest BCUT2D eigenvalue weighted by atomic mass is 32.2. The van der Waals surface area contributed by atoms with E-state index < -0.39 is 5.92 Å². The number of carbonyl (C=O) groups is 1. The lowest BCUT2D eigenvalue weighted by molar-refractivity contribution is -0.114. The van der Waals surface area contributed by atoms with Crippen LogP contribution in [0.25, 0.3) is 6.08 Å². The molecule has 1 aliphatic rings. The zero-order chi connectivity index (χ0) is 16.2. The number of hydrogen-bond acceptors (Lipinski definition) is 6. The molecule has 1 aromatic heterocycles. The molecule has 1 saturated heterocycles. The van der Waals surface area contributed by atoms with E-state index >= 15 is 0 Å². The first-order valence-corrected chi connectivity index (χ1v) is 8.64. The molecule has 0 saturated carbocycles. The van der Waals surface area contributed by atoms with Crippen LogP contribution in [0.3, 0.4) is 0 Å². The summed E-state index contributed by atoms with van der Waals surface area (Å²) in [6, 6.07) is 7.48. The molecule has 0 aliphatic carbocycles. The Morgan fingerprint density at radius 1 is 1.35 bits per heavy atom. The lowest BCUT2D eigenvalue weighted by atomic mass is 10.1. The van der Waals surface area contributed by atoms with Crippen molar-refractivity contribution >= 4 is 40.0 Å². The number of rotatable bonds is 5. The second-order valence-corrected chi connectivity index (χ2v) is 6.82. The number of ketones is 1. The van der Waals surface area contributed by atoms with E-state index in [9.17, 15) is 4.79 Å². The molecule has 1 atom stereocenters. The van der Waals surface area contributed by atoms with Crippen LogP contribution < -0.4 is 4.74 Å². The highest BCUT2D eigenvalue weighted by Gasteiger charge is 2.38. The maximum atomic E-state index is 12.5. The van der Waals surface area contributed by atoms with Crippen molar-refractivity contribution in [2.45, 2.75) is 5.92 Å². The maximum Gasteiger partial charge on any atom is 0.186 e. The van der Waals surface area contributed by atoms with Crippen LogP contribution in [0.1, 0.15) is 16.5 Å². The van der Waals surface area contributed by atoms with Crippen LogP contribution in [-0.4, -0.2) is 22.4 Å². The number of carbonyl (C=O) groups excluding carboxylic acids is 1. The molecule has 0 radical (unpaired) electrons. The van der Waals surface area contributed by atoms with Crippen LogP contribution in [0.5, 0.6) is 5.75 Å². The average molecular weight is 342 g/mol. The van der Waals surface area contributed by atoms with Crippen molar-refractivity contribution in [3.63, 3.8) is 0 Å². The Balaban J connectivity index is 1.79. The molecule has 1 fully saturated rings. The second kappa shape index (κ2) is 6.93. The van der Waals surface area contributed by atoms with E-state index in [1.807, 2.05) is 35.7 Å². The molecule has 0 spiro atoms. The van der Waals surface area contributed by atoms with Gasteiger partial charge in [-0.25, -0.2) is 4.98 Å². The molecule has 1 unspecified atom stereocenters. The van der Waals surface area contributed by atoms with E-state index in [4.69, 9.17) is 10.1 Å². The van der Waals surface area contributed by atoms with Gasteiger partial charge in [-0.05, 0) is 23.8 Å². The summed E-state index contributed by atoms with van der Waals surface area (Å²) < 4.78 is 5.43. The predicted molar refractivity (Wildman–Crippen MR) is 95.3 cm³/mol. The van der Waals surface area contributed by atoms with Gasteiger partial charge in [-0.3, -0.25) is 10.2 Å². The Morgan fingerprint density at radius 2 is 2.13 bits per heavy atom. The predicted octanol–water partition coefficient (Wildman–Crippen LogP) is 4.13. The molecule has 0 bridgehead atoms. The normalized spacial score (nSPS) is 19.3. The first kappa shape index (κ1) is 15.7. The van der Waals surface area contributed by atoms with Gasteiger partial charge in [0.05, 0.1) is 9.95 Å². The Labute approximate surface area is 142 Å². The minimum atomic E-state index is -0.540. The number of thiazole rings is 1. The molecule has 1 N–H and O–H groups in total. The third-order valence-corrected chi connectivity index (χ3v) is 5.07. The number of nitrogens with one attached hydrogen (secondary N) is 1. The first-order valence-electron chi connectivity index (χ1n) is 6.94. The topological polar surface area (TPSA) is 63.0 Å². The second-order valence-electron chi connectivity index (χ2n) is 4.81. The molecule has 23 heavy (non-hydrogen) atoms. The van der Waals surface area contributed by atoms with Crippen LogP contribution in [0.15, 0.2) is 53.4 Å². The van der Waals surface area contributed by atoms with E-state index in [0.717, 1.165) is 11.3 Å². The lowest BCUT2D eigenvalue weighted by Crippen LogP contribution is -2.11. The Bertz CT molecular complexity index is 764. The molecule has 1 aliphatic heterocycles. The summed E-state index contributed by atoms with van der Waals surface area (Å²) in [7, 11) is 0. The standard InChI is InChI=1S/C17H14N2O2S2/c1-2-8-21-12-5-3-11(4-6-12)10-13-15(20)14(16(18)23-13)17-19-7-9-22-17/h2-7,9-10,14,18H,1,8H2. The zero-order valence-corrected chi connectivity index (χ0v) is 13.8. The van der Waals surface area contributed by atoms with Crippen molar-refractivity contribution in [1.82, 2.24) is 4.98 Å². The van der Waals surface area contributed by atoms with Gasteiger partial charge in [0.15, 0.2) is 5.78 Å². The number of aromatic nitrogens is 1. The van der Waals surface area contributed by atoms with Gasteiger partial charge in [0.25, 0.3) is 0 Å².